The Hall–Kier alpha value is -2.64. The fourth-order valence-corrected chi connectivity index (χ4v) is 4.32. The molecule has 152 valence electrons. The Balaban J connectivity index is 1.44. The number of carbonyl (C=O) groups is 2. The van der Waals surface area contributed by atoms with Crippen LogP contribution in [0.15, 0.2) is 42.5 Å². The molecule has 6 nitrogen and oxygen atoms in total. The number of piperazine rings is 1. The number of ether oxygens (including phenoxy) is 1. The zero-order valence-corrected chi connectivity index (χ0v) is 16.8. The van der Waals surface area contributed by atoms with Crippen LogP contribution in [-0.2, 0) is 9.59 Å². The Morgan fingerprint density at radius 3 is 2.34 bits per heavy atom. The van der Waals surface area contributed by atoms with Gasteiger partial charge in [0.2, 0.25) is 5.91 Å². The second kappa shape index (κ2) is 8.00. The number of carbonyl (C=O) groups excluding carboxylic acids is 2. The van der Waals surface area contributed by atoms with E-state index in [1.807, 2.05) is 0 Å². The molecule has 2 aromatic carbocycles. The summed E-state index contributed by atoms with van der Waals surface area (Å²) in [4.78, 5) is 30.1. The van der Waals surface area contributed by atoms with Gasteiger partial charge in [-0.2, -0.15) is 0 Å². The second-order valence-corrected chi connectivity index (χ2v) is 7.67. The van der Waals surface area contributed by atoms with Crippen LogP contribution in [0.3, 0.4) is 0 Å². The maximum atomic E-state index is 13.1. The third-order valence-electron chi connectivity index (χ3n) is 5.63. The highest BCUT2D eigenvalue weighted by Crippen LogP contribution is 2.31. The number of halogens is 2. The van der Waals surface area contributed by atoms with E-state index >= 15 is 0 Å². The predicted octanol–water partition coefficient (Wildman–Crippen LogP) is 1.52. The maximum Gasteiger partial charge on any atom is 0.292 e. The molecule has 2 saturated heterocycles. The molecular formula is C21H22ClFN3O3+. The van der Waals surface area contributed by atoms with Crippen molar-refractivity contribution in [3.63, 3.8) is 0 Å². The summed E-state index contributed by atoms with van der Waals surface area (Å²) in [5.41, 5.74) is 1.44. The van der Waals surface area contributed by atoms with E-state index in [1.165, 1.54) is 24.1 Å². The van der Waals surface area contributed by atoms with Gasteiger partial charge in [-0.25, -0.2) is 9.29 Å². The number of amides is 2. The molecule has 2 aliphatic heterocycles. The number of hydrogen-bond donors (Lipinski definition) is 1. The van der Waals surface area contributed by atoms with Crippen molar-refractivity contribution in [3.05, 3.63) is 53.3 Å². The van der Waals surface area contributed by atoms with E-state index in [2.05, 4.69) is 4.90 Å². The number of anilines is 2. The Morgan fingerprint density at radius 1 is 1.07 bits per heavy atom. The van der Waals surface area contributed by atoms with Gasteiger partial charge in [0.15, 0.2) is 6.04 Å². The summed E-state index contributed by atoms with van der Waals surface area (Å²) in [6.45, 7) is 2.96. The number of nitrogens with one attached hydrogen (secondary N) is 1. The topological polar surface area (TPSA) is 54.3 Å². The van der Waals surface area contributed by atoms with E-state index in [-0.39, 0.29) is 24.1 Å². The lowest BCUT2D eigenvalue weighted by atomic mass is 10.1. The molecule has 0 aliphatic carbocycles. The van der Waals surface area contributed by atoms with E-state index < -0.39 is 6.04 Å². The maximum absolute atomic E-state index is 13.1. The molecule has 0 saturated carbocycles. The Morgan fingerprint density at radius 2 is 1.72 bits per heavy atom. The van der Waals surface area contributed by atoms with Crippen molar-refractivity contribution in [2.45, 2.75) is 12.5 Å². The van der Waals surface area contributed by atoms with Crippen LogP contribution in [0.25, 0.3) is 0 Å². The molecule has 2 heterocycles. The van der Waals surface area contributed by atoms with Crippen molar-refractivity contribution >= 4 is 34.8 Å². The zero-order chi connectivity index (χ0) is 20.5. The highest BCUT2D eigenvalue weighted by molar-refractivity contribution is 6.32. The summed E-state index contributed by atoms with van der Waals surface area (Å²) in [7, 11) is 1.51. The number of methoxy groups -OCH3 is 1. The Labute approximate surface area is 173 Å². The molecule has 0 bridgehead atoms. The molecule has 0 unspecified atom stereocenters. The molecule has 2 aromatic rings. The normalized spacial score (nSPS) is 20.4. The standard InChI is InChI=1S/C21H21ClFN3O3/c1-29-19-7-6-16(12-17(19)22)26-20(27)13-18(21(26)28)25-10-8-24(9-11-25)15-4-2-14(23)3-5-15/h2-7,12,18H,8-11,13H2,1H3/p+1/t18-/m0/s1. The van der Waals surface area contributed by atoms with Crippen molar-refractivity contribution in [2.75, 3.05) is 43.1 Å². The predicted molar refractivity (Wildman–Crippen MR) is 108 cm³/mol. The fraction of sp³-hybridized carbons (Fsp3) is 0.333. The van der Waals surface area contributed by atoms with Gasteiger partial charge in [0.25, 0.3) is 5.91 Å². The zero-order valence-electron chi connectivity index (χ0n) is 16.0. The van der Waals surface area contributed by atoms with E-state index in [0.29, 0.717) is 16.5 Å². The minimum absolute atomic E-state index is 0.189. The number of nitrogens with zero attached hydrogens (tertiary/aromatic N) is 2. The average Bonchev–Trinajstić information content (AvgIpc) is 3.02. The summed E-state index contributed by atoms with van der Waals surface area (Å²) in [5.74, 6) is -0.170. The fourth-order valence-electron chi connectivity index (χ4n) is 4.07. The lowest BCUT2D eigenvalue weighted by Gasteiger charge is -2.35. The highest BCUT2D eigenvalue weighted by Gasteiger charge is 2.46. The van der Waals surface area contributed by atoms with Crippen LogP contribution in [0.1, 0.15) is 6.42 Å². The minimum Gasteiger partial charge on any atom is -0.495 e. The van der Waals surface area contributed by atoms with Crippen molar-refractivity contribution < 1.29 is 23.6 Å². The lowest BCUT2D eigenvalue weighted by molar-refractivity contribution is -0.915. The molecular weight excluding hydrogens is 397 g/mol. The van der Waals surface area contributed by atoms with Crippen molar-refractivity contribution in [1.82, 2.24) is 0 Å². The van der Waals surface area contributed by atoms with Gasteiger partial charge >= 0.3 is 0 Å². The van der Waals surface area contributed by atoms with Gasteiger partial charge in [-0.05, 0) is 42.5 Å². The van der Waals surface area contributed by atoms with Crippen LogP contribution in [0, 0.1) is 5.82 Å². The van der Waals surface area contributed by atoms with Crippen molar-refractivity contribution in [3.8, 4) is 5.75 Å². The van der Waals surface area contributed by atoms with E-state index in [9.17, 15) is 14.0 Å². The smallest absolute Gasteiger partial charge is 0.292 e. The first-order valence-electron chi connectivity index (χ1n) is 9.53. The van der Waals surface area contributed by atoms with Gasteiger partial charge in [-0.15, -0.1) is 0 Å². The summed E-state index contributed by atoms with van der Waals surface area (Å²) in [6, 6.07) is 10.9. The van der Waals surface area contributed by atoms with Gasteiger partial charge in [-0.3, -0.25) is 9.59 Å². The molecule has 2 amide bonds. The molecule has 8 heteroatoms. The number of rotatable bonds is 4. The first kappa shape index (κ1) is 19.7. The van der Waals surface area contributed by atoms with Crippen molar-refractivity contribution in [1.29, 1.82) is 0 Å². The number of hydrogen-bond acceptors (Lipinski definition) is 4. The SMILES string of the molecule is COc1ccc(N2C(=O)C[C@H]([NH+]3CCN(c4ccc(F)cc4)CC3)C2=O)cc1Cl. The third kappa shape index (κ3) is 3.80. The van der Waals surface area contributed by atoms with Crippen LogP contribution in [0.2, 0.25) is 5.02 Å². The molecule has 29 heavy (non-hydrogen) atoms. The quantitative estimate of drug-likeness (QED) is 0.765. The van der Waals surface area contributed by atoms with E-state index in [0.717, 1.165) is 36.8 Å². The molecule has 1 atom stereocenters. The van der Waals surface area contributed by atoms with Gasteiger partial charge in [0.05, 0.1) is 50.4 Å². The highest BCUT2D eigenvalue weighted by atomic mass is 35.5. The second-order valence-electron chi connectivity index (χ2n) is 7.26. The minimum atomic E-state index is -0.390. The first-order valence-corrected chi connectivity index (χ1v) is 9.91. The first-order chi connectivity index (χ1) is 14.0. The average molecular weight is 419 g/mol. The van der Waals surface area contributed by atoms with E-state index in [4.69, 9.17) is 16.3 Å². The number of quaternary nitrogens is 1. The molecule has 0 spiro atoms. The Bertz CT molecular complexity index is 929. The van der Waals surface area contributed by atoms with E-state index in [1.54, 1.807) is 30.3 Å². The van der Waals surface area contributed by atoms with Crippen LogP contribution in [0.5, 0.6) is 5.75 Å². The van der Waals surface area contributed by atoms with Crippen molar-refractivity contribution in [2.24, 2.45) is 0 Å². The molecule has 4 rings (SSSR count). The van der Waals surface area contributed by atoms with Gasteiger partial charge in [0, 0.05) is 5.69 Å². The van der Waals surface area contributed by atoms with Gasteiger partial charge in [0.1, 0.15) is 11.6 Å². The summed E-state index contributed by atoms with van der Waals surface area (Å²) in [6.07, 6.45) is 0.189. The van der Waals surface area contributed by atoms with Gasteiger partial charge < -0.3 is 14.5 Å². The summed E-state index contributed by atoms with van der Waals surface area (Å²) >= 11 is 6.16. The van der Waals surface area contributed by atoms with Crippen LogP contribution < -0.4 is 19.4 Å². The Kier molecular flexibility index (Phi) is 5.43. The molecule has 0 radical (unpaired) electrons. The lowest BCUT2D eigenvalue weighted by Crippen LogP contribution is -3.19. The molecule has 1 N–H and O–H groups in total. The number of imide groups is 1. The third-order valence-corrected chi connectivity index (χ3v) is 5.93. The number of benzene rings is 2. The molecule has 2 aliphatic rings. The van der Waals surface area contributed by atoms with Crippen LogP contribution >= 0.6 is 11.6 Å². The summed E-state index contributed by atoms with van der Waals surface area (Å²) < 4.78 is 18.3. The van der Waals surface area contributed by atoms with Crippen LogP contribution in [0.4, 0.5) is 15.8 Å². The van der Waals surface area contributed by atoms with Crippen LogP contribution in [-0.4, -0.2) is 51.1 Å². The largest absolute Gasteiger partial charge is 0.495 e. The van der Waals surface area contributed by atoms with Gasteiger partial charge in [-0.1, -0.05) is 11.6 Å². The summed E-state index contributed by atoms with van der Waals surface area (Å²) in [5, 5.41) is 0.356. The molecule has 2 fully saturated rings. The molecule has 0 aromatic heterocycles. The monoisotopic (exact) mass is 418 g/mol.